The molecule has 0 aromatic heterocycles. The molecule has 96 valence electrons. The molecule has 0 aromatic rings. The van der Waals surface area contributed by atoms with Crippen molar-refractivity contribution in [2.24, 2.45) is 11.1 Å². The molecule has 1 aliphatic rings. The van der Waals surface area contributed by atoms with Gasteiger partial charge in [-0.15, -0.1) is 6.42 Å². The van der Waals surface area contributed by atoms with Crippen LogP contribution in [0, 0.1) is 17.8 Å². The Labute approximate surface area is 105 Å². The van der Waals surface area contributed by atoms with Crippen LogP contribution in [0.5, 0.6) is 0 Å². The lowest BCUT2D eigenvalue weighted by atomic mass is 9.79. The predicted molar refractivity (Wildman–Crippen MR) is 70.2 cm³/mol. The number of nitrogens with one attached hydrogen (secondary N) is 1. The monoisotopic (exact) mass is 236 g/mol. The Morgan fingerprint density at radius 3 is 2.41 bits per heavy atom. The summed E-state index contributed by atoms with van der Waals surface area (Å²) >= 11 is 0. The second kappa shape index (κ2) is 6.66. The van der Waals surface area contributed by atoms with Crippen LogP contribution in [-0.2, 0) is 4.79 Å². The zero-order chi connectivity index (χ0) is 12.7. The Balaban J connectivity index is 2.71. The van der Waals surface area contributed by atoms with Gasteiger partial charge >= 0.3 is 0 Å². The van der Waals surface area contributed by atoms with E-state index in [9.17, 15) is 4.79 Å². The molecule has 0 aliphatic heterocycles. The number of amides is 1. The van der Waals surface area contributed by atoms with Crippen LogP contribution in [0.1, 0.15) is 51.9 Å². The molecule has 0 radical (unpaired) electrons. The van der Waals surface area contributed by atoms with Crippen LogP contribution in [0.3, 0.4) is 0 Å². The molecule has 3 nitrogen and oxygen atoms in total. The third-order valence-corrected chi connectivity index (χ3v) is 3.85. The third-order valence-electron chi connectivity index (χ3n) is 3.85. The summed E-state index contributed by atoms with van der Waals surface area (Å²) in [7, 11) is 0. The van der Waals surface area contributed by atoms with Gasteiger partial charge in [0.05, 0.1) is 11.5 Å². The fraction of sp³-hybridized carbons (Fsp3) is 0.786. The lowest BCUT2D eigenvalue weighted by Gasteiger charge is -2.31. The minimum absolute atomic E-state index is 0.0618. The summed E-state index contributed by atoms with van der Waals surface area (Å²) in [5.41, 5.74) is 5.48. The predicted octanol–water partition coefficient (Wildman–Crippen LogP) is 1.81. The summed E-state index contributed by atoms with van der Waals surface area (Å²) in [6, 6.07) is -0.158. The van der Waals surface area contributed by atoms with Gasteiger partial charge in [0.1, 0.15) is 0 Å². The van der Waals surface area contributed by atoms with Crippen molar-refractivity contribution in [2.45, 2.75) is 57.9 Å². The zero-order valence-electron chi connectivity index (χ0n) is 10.8. The number of terminal acetylenes is 1. The van der Waals surface area contributed by atoms with E-state index in [0.29, 0.717) is 6.54 Å². The molecule has 0 aromatic carbocycles. The van der Waals surface area contributed by atoms with E-state index < -0.39 is 0 Å². The summed E-state index contributed by atoms with van der Waals surface area (Å²) < 4.78 is 0. The molecule has 0 bridgehead atoms. The van der Waals surface area contributed by atoms with Crippen LogP contribution in [0.4, 0.5) is 0 Å². The average Bonchev–Trinajstić information content (AvgIpc) is 2.61. The van der Waals surface area contributed by atoms with Crippen molar-refractivity contribution < 1.29 is 4.79 Å². The van der Waals surface area contributed by atoms with Crippen molar-refractivity contribution in [3.63, 3.8) is 0 Å². The van der Waals surface area contributed by atoms with Crippen molar-refractivity contribution in [1.82, 2.24) is 5.32 Å². The Kier molecular flexibility index (Phi) is 5.50. The molecule has 3 N–H and O–H groups in total. The Bertz CT molecular complexity index is 285. The largest absolute Gasteiger partial charge is 0.342 e. The van der Waals surface area contributed by atoms with Crippen LogP contribution in [-0.4, -0.2) is 18.5 Å². The van der Waals surface area contributed by atoms with E-state index in [0.717, 1.165) is 32.1 Å². The lowest BCUT2D eigenvalue weighted by molar-refractivity contribution is -0.131. The quantitative estimate of drug-likeness (QED) is 0.578. The van der Waals surface area contributed by atoms with Gasteiger partial charge in [-0.25, -0.2) is 0 Å². The molecule has 1 unspecified atom stereocenters. The molecular formula is C14H24N2O. The molecule has 1 atom stereocenters. The standard InChI is InChI=1S/C14H24N2O/c1-3-12(4-2)16-13(17)14(11-15)9-7-5-6-8-10-14/h1,12H,4-11,15H2,2H3,(H,16,17). The van der Waals surface area contributed by atoms with Gasteiger partial charge in [0.25, 0.3) is 0 Å². The highest BCUT2D eigenvalue weighted by atomic mass is 16.2. The normalized spacial score (nSPS) is 21.0. The summed E-state index contributed by atoms with van der Waals surface area (Å²) in [6.07, 6.45) is 12.6. The first-order valence-corrected chi connectivity index (χ1v) is 6.65. The Morgan fingerprint density at radius 1 is 1.41 bits per heavy atom. The molecule has 0 saturated heterocycles. The van der Waals surface area contributed by atoms with E-state index in [4.69, 9.17) is 12.2 Å². The number of hydrogen-bond donors (Lipinski definition) is 2. The molecule has 0 heterocycles. The second-order valence-electron chi connectivity index (χ2n) is 5.00. The highest BCUT2D eigenvalue weighted by molar-refractivity contribution is 5.83. The fourth-order valence-corrected chi connectivity index (χ4v) is 2.50. The molecule has 0 spiro atoms. The number of hydrogen-bond acceptors (Lipinski definition) is 2. The van der Waals surface area contributed by atoms with Gasteiger partial charge < -0.3 is 11.1 Å². The van der Waals surface area contributed by atoms with Crippen molar-refractivity contribution in [1.29, 1.82) is 0 Å². The van der Waals surface area contributed by atoms with E-state index in [1.165, 1.54) is 12.8 Å². The van der Waals surface area contributed by atoms with Gasteiger partial charge in [-0.2, -0.15) is 0 Å². The van der Waals surface area contributed by atoms with Crippen LogP contribution < -0.4 is 11.1 Å². The molecule has 3 heteroatoms. The molecule has 1 fully saturated rings. The van der Waals surface area contributed by atoms with Crippen molar-refractivity contribution in [2.75, 3.05) is 6.54 Å². The Morgan fingerprint density at radius 2 is 2.00 bits per heavy atom. The van der Waals surface area contributed by atoms with Gasteiger partial charge in [-0.05, 0) is 19.3 Å². The van der Waals surface area contributed by atoms with Gasteiger partial charge in [-0.3, -0.25) is 4.79 Å². The Hall–Kier alpha value is -1.01. The van der Waals surface area contributed by atoms with Gasteiger partial charge in [-0.1, -0.05) is 38.5 Å². The van der Waals surface area contributed by atoms with Crippen LogP contribution in [0.15, 0.2) is 0 Å². The van der Waals surface area contributed by atoms with Crippen molar-refractivity contribution >= 4 is 5.91 Å². The number of carbonyl (C=O) groups is 1. The van der Waals surface area contributed by atoms with Crippen LogP contribution in [0.25, 0.3) is 0 Å². The summed E-state index contributed by atoms with van der Waals surface area (Å²) in [5.74, 6) is 2.67. The first-order chi connectivity index (χ1) is 8.18. The van der Waals surface area contributed by atoms with Crippen molar-refractivity contribution in [3.05, 3.63) is 0 Å². The van der Waals surface area contributed by atoms with E-state index in [1.54, 1.807) is 0 Å². The minimum Gasteiger partial charge on any atom is -0.342 e. The van der Waals surface area contributed by atoms with Gasteiger partial charge in [0, 0.05) is 6.54 Å². The molecule has 1 aliphatic carbocycles. The minimum atomic E-state index is -0.374. The maximum absolute atomic E-state index is 12.3. The maximum Gasteiger partial charge on any atom is 0.228 e. The van der Waals surface area contributed by atoms with Gasteiger partial charge in [0.15, 0.2) is 0 Å². The number of rotatable bonds is 4. The smallest absolute Gasteiger partial charge is 0.228 e. The molecule has 1 saturated carbocycles. The molecule has 17 heavy (non-hydrogen) atoms. The highest BCUT2D eigenvalue weighted by Gasteiger charge is 2.37. The maximum atomic E-state index is 12.3. The first-order valence-electron chi connectivity index (χ1n) is 6.65. The van der Waals surface area contributed by atoms with E-state index in [1.807, 2.05) is 6.92 Å². The van der Waals surface area contributed by atoms with E-state index in [-0.39, 0.29) is 17.4 Å². The topological polar surface area (TPSA) is 55.1 Å². The third kappa shape index (κ3) is 3.47. The van der Waals surface area contributed by atoms with Crippen LogP contribution >= 0.6 is 0 Å². The summed E-state index contributed by atoms with van der Waals surface area (Å²) in [4.78, 5) is 12.3. The van der Waals surface area contributed by atoms with Crippen LogP contribution in [0.2, 0.25) is 0 Å². The highest BCUT2D eigenvalue weighted by Crippen LogP contribution is 2.34. The molecular weight excluding hydrogens is 212 g/mol. The lowest BCUT2D eigenvalue weighted by Crippen LogP contribution is -2.48. The fourth-order valence-electron chi connectivity index (χ4n) is 2.50. The van der Waals surface area contributed by atoms with E-state index >= 15 is 0 Å². The zero-order valence-corrected chi connectivity index (χ0v) is 10.8. The average molecular weight is 236 g/mol. The SMILES string of the molecule is C#CC(CC)NC(=O)C1(CN)CCCCCC1. The summed E-state index contributed by atoms with van der Waals surface area (Å²) in [5, 5.41) is 2.95. The number of carbonyl (C=O) groups excluding carboxylic acids is 1. The second-order valence-corrected chi connectivity index (χ2v) is 5.00. The molecule has 1 amide bonds. The molecule has 1 rings (SSSR count). The van der Waals surface area contributed by atoms with Gasteiger partial charge in [0.2, 0.25) is 5.91 Å². The number of nitrogens with two attached hydrogens (primary N) is 1. The first kappa shape index (κ1) is 14.1. The summed E-state index contributed by atoms with van der Waals surface area (Å²) in [6.45, 7) is 2.41. The van der Waals surface area contributed by atoms with Crippen molar-refractivity contribution in [3.8, 4) is 12.3 Å². The van der Waals surface area contributed by atoms with E-state index in [2.05, 4.69) is 11.2 Å².